The third kappa shape index (κ3) is 6.70. The van der Waals surface area contributed by atoms with Crippen LogP contribution >= 0.6 is 0 Å². The van der Waals surface area contributed by atoms with Crippen LogP contribution in [0.25, 0.3) is 0 Å². The minimum atomic E-state index is -0.513. The average molecular weight is 428 g/mol. The summed E-state index contributed by atoms with van der Waals surface area (Å²) in [5, 5.41) is 14.7. The zero-order valence-electron chi connectivity index (χ0n) is 19.1. The highest BCUT2D eigenvalue weighted by molar-refractivity contribution is 5.80. The molecule has 2 N–H and O–H groups in total. The van der Waals surface area contributed by atoms with E-state index in [9.17, 15) is 4.79 Å². The number of ether oxygens (including phenoxy) is 1. The number of guanidine groups is 1. The van der Waals surface area contributed by atoms with Gasteiger partial charge in [-0.15, -0.1) is 10.2 Å². The van der Waals surface area contributed by atoms with Crippen LogP contribution in [0, 0.1) is 6.92 Å². The van der Waals surface area contributed by atoms with Crippen molar-refractivity contribution in [3.8, 4) is 0 Å². The number of benzene rings is 1. The number of likely N-dealkylation sites (tertiary alicyclic amines) is 1. The molecule has 9 heteroatoms. The predicted octanol–water partition coefficient (Wildman–Crippen LogP) is 2.37. The summed E-state index contributed by atoms with van der Waals surface area (Å²) in [7, 11) is 1.95. The second-order valence-corrected chi connectivity index (χ2v) is 8.78. The molecule has 0 spiro atoms. The van der Waals surface area contributed by atoms with E-state index < -0.39 is 5.60 Å². The zero-order valence-corrected chi connectivity index (χ0v) is 19.1. The normalized spacial score (nSPS) is 17.0. The highest BCUT2D eigenvalue weighted by atomic mass is 16.6. The molecule has 1 unspecified atom stereocenters. The summed E-state index contributed by atoms with van der Waals surface area (Å²) in [6, 6.07) is 10.1. The number of rotatable bonds is 5. The SMILES string of the molecule is Cc1nnc(CNC(=NCc2ccccc2)N2CCC(NC(=O)OC(C)(C)C)C2)n1C. The number of hydrogen-bond donors (Lipinski definition) is 2. The quantitative estimate of drug-likeness (QED) is 0.562. The lowest BCUT2D eigenvalue weighted by molar-refractivity contribution is 0.0507. The van der Waals surface area contributed by atoms with Gasteiger partial charge in [-0.3, -0.25) is 0 Å². The molecule has 1 aromatic heterocycles. The third-order valence-corrected chi connectivity index (χ3v) is 5.05. The number of amides is 1. The minimum Gasteiger partial charge on any atom is -0.444 e. The zero-order chi connectivity index (χ0) is 22.4. The summed E-state index contributed by atoms with van der Waals surface area (Å²) < 4.78 is 7.35. The Hall–Kier alpha value is -3.10. The lowest BCUT2D eigenvalue weighted by Crippen LogP contribution is -2.44. The molecule has 0 aliphatic carbocycles. The number of aryl methyl sites for hydroxylation is 1. The summed E-state index contributed by atoms with van der Waals surface area (Å²) in [5.41, 5.74) is 0.624. The number of nitrogens with zero attached hydrogens (tertiary/aromatic N) is 5. The number of hydrogen-bond acceptors (Lipinski definition) is 5. The molecule has 0 radical (unpaired) electrons. The van der Waals surface area contributed by atoms with E-state index in [2.05, 4.69) is 37.9 Å². The Kier molecular flexibility index (Phi) is 7.14. The molecular formula is C22H33N7O2. The van der Waals surface area contributed by atoms with E-state index in [1.54, 1.807) is 0 Å². The topological polar surface area (TPSA) is 96.7 Å². The molecule has 1 aliphatic rings. The molecule has 2 aromatic rings. The molecule has 168 valence electrons. The maximum Gasteiger partial charge on any atom is 0.407 e. The number of aliphatic imine (C=N–C) groups is 1. The van der Waals surface area contributed by atoms with Gasteiger partial charge in [-0.2, -0.15) is 0 Å². The highest BCUT2D eigenvalue weighted by Crippen LogP contribution is 2.13. The number of nitrogens with one attached hydrogen (secondary N) is 2. The first-order chi connectivity index (χ1) is 14.7. The van der Waals surface area contributed by atoms with Gasteiger partial charge in [0.05, 0.1) is 19.1 Å². The fourth-order valence-electron chi connectivity index (χ4n) is 3.33. The van der Waals surface area contributed by atoms with E-state index in [1.165, 1.54) is 0 Å². The molecule has 1 aromatic carbocycles. The molecule has 31 heavy (non-hydrogen) atoms. The molecule has 1 aliphatic heterocycles. The van der Waals surface area contributed by atoms with Crippen molar-refractivity contribution >= 4 is 12.1 Å². The van der Waals surface area contributed by atoms with Crippen molar-refractivity contribution in [1.82, 2.24) is 30.3 Å². The number of alkyl carbamates (subject to hydrolysis) is 1. The standard InChI is InChI=1S/C22H33N7O2/c1-16-26-27-19(28(16)5)14-24-20(23-13-17-9-7-6-8-10-17)29-12-11-18(15-29)25-21(30)31-22(2,3)4/h6-10,18H,11-15H2,1-5H3,(H,23,24)(H,25,30). The van der Waals surface area contributed by atoms with Crippen molar-refractivity contribution in [3.05, 3.63) is 47.5 Å². The molecule has 1 saturated heterocycles. The van der Waals surface area contributed by atoms with E-state index in [1.807, 2.05) is 57.5 Å². The largest absolute Gasteiger partial charge is 0.444 e. The first-order valence-corrected chi connectivity index (χ1v) is 10.6. The summed E-state index contributed by atoms with van der Waals surface area (Å²) in [6.45, 7) is 10.1. The van der Waals surface area contributed by atoms with Gasteiger partial charge in [0.1, 0.15) is 11.4 Å². The van der Waals surface area contributed by atoms with Crippen LogP contribution in [0.3, 0.4) is 0 Å². The first kappa shape index (κ1) is 22.6. The summed E-state index contributed by atoms with van der Waals surface area (Å²) >= 11 is 0. The second-order valence-electron chi connectivity index (χ2n) is 8.78. The maximum atomic E-state index is 12.1. The van der Waals surface area contributed by atoms with Crippen molar-refractivity contribution < 1.29 is 9.53 Å². The Bertz CT molecular complexity index is 902. The smallest absolute Gasteiger partial charge is 0.407 e. The summed E-state index contributed by atoms with van der Waals surface area (Å²) in [4.78, 5) is 19.1. The first-order valence-electron chi connectivity index (χ1n) is 10.6. The van der Waals surface area contributed by atoms with Gasteiger partial charge < -0.3 is 24.8 Å². The van der Waals surface area contributed by atoms with Gasteiger partial charge in [-0.05, 0) is 39.7 Å². The van der Waals surface area contributed by atoms with Crippen LogP contribution in [-0.2, 0) is 24.9 Å². The van der Waals surface area contributed by atoms with Crippen LogP contribution < -0.4 is 10.6 Å². The van der Waals surface area contributed by atoms with E-state index >= 15 is 0 Å². The van der Waals surface area contributed by atoms with Crippen LogP contribution in [0.4, 0.5) is 4.79 Å². The monoisotopic (exact) mass is 427 g/mol. The van der Waals surface area contributed by atoms with Crippen LogP contribution in [0.1, 0.15) is 44.4 Å². The Balaban J connectivity index is 1.65. The van der Waals surface area contributed by atoms with E-state index in [0.717, 1.165) is 36.1 Å². The Labute approximate surface area is 183 Å². The molecule has 2 heterocycles. The number of carbonyl (C=O) groups excluding carboxylic acids is 1. The van der Waals surface area contributed by atoms with Crippen LogP contribution in [0.5, 0.6) is 0 Å². The van der Waals surface area contributed by atoms with Gasteiger partial charge in [0.15, 0.2) is 11.8 Å². The van der Waals surface area contributed by atoms with Gasteiger partial charge >= 0.3 is 6.09 Å². The van der Waals surface area contributed by atoms with Gasteiger partial charge in [0, 0.05) is 20.1 Å². The molecule has 1 atom stereocenters. The molecule has 1 amide bonds. The van der Waals surface area contributed by atoms with Crippen molar-refractivity contribution in [3.63, 3.8) is 0 Å². The molecular weight excluding hydrogens is 394 g/mol. The molecule has 3 rings (SSSR count). The Morgan fingerprint density at radius 3 is 2.65 bits per heavy atom. The fraction of sp³-hybridized carbons (Fsp3) is 0.545. The lowest BCUT2D eigenvalue weighted by atomic mass is 10.2. The second kappa shape index (κ2) is 9.80. The third-order valence-electron chi connectivity index (χ3n) is 5.05. The van der Waals surface area contributed by atoms with Crippen molar-refractivity contribution in [2.75, 3.05) is 13.1 Å². The maximum absolute atomic E-state index is 12.1. The van der Waals surface area contributed by atoms with E-state index in [4.69, 9.17) is 9.73 Å². The molecule has 0 saturated carbocycles. The molecule has 1 fully saturated rings. The highest BCUT2D eigenvalue weighted by Gasteiger charge is 2.28. The fourth-order valence-corrected chi connectivity index (χ4v) is 3.33. The van der Waals surface area contributed by atoms with Gasteiger partial charge in [-0.1, -0.05) is 30.3 Å². The van der Waals surface area contributed by atoms with E-state index in [0.29, 0.717) is 19.6 Å². The van der Waals surface area contributed by atoms with Crippen molar-refractivity contribution in [1.29, 1.82) is 0 Å². The Morgan fingerprint density at radius 2 is 2.00 bits per heavy atom. The Morgan fingerprint density at radius 1 is 1.26 bits per heavy atom. The van der Waals surface area contributed by atoms with Crippen LogP contribution in [-0.4, -0.2) is 56.4 Å². The van der Waals surface area contributed by atoms with Crippen molar-refractivity contribution in [2.45, 2.75) is 58.8 Å². The van der Waals surface area contributed by atoms with Crippen molar-refractivity contribution in [2.24, 2.45) is 12.0 Å². The van der Waals surface area contributed by atoms with E-state index in [-0.39, 0.29) is 12.1 Å². The summed E-state index contributed by atoms with van der Waals surface area (Å²) in [5.74, 6) is 2.49. The summed E-state index contributed by atoms with van der Waals surface area (Å²) in [6.07, 6.45) is 0.443. The number of carbonyl (C=O) groups is 1. The average Bonchev–Trinajstić information content (AvgIpc) is 3.28. The van der Waals surface area contributed by atoms with Crippen LogP contribution in [0.2, 0.25) is 0 Å². The number of aromatic nitrogens is 3. The van der Waals surface area contributed by atoms with Gasteiger partial charge in [0.25, 0.3) is 0 Å². The van der Waals surface area contributed by atoms with Gasteiger partial charge in [0.2, 0.25) is 0 Å². The molecule has 9 nitrogen and oxygen atoms in total. The predicted molar refractivity (Wildman–Crippen MR) is 120 cm³/mol. The molecule has 0 bridgehead atoms. The lowest BCUT2D eigenvalue weighted by Gasteiger charge is -2.23. The van der Waals surface area contributed by atoms with Gasteiger partial charge in [-0.25, -0.2) is 9.79 Å². The van der Waals surface area contributed by atoms with Crippen LogP contribution in [0.15, 0.2) is 35.3 Å². The minimum absolute atomic E-state index is 0.00986.